The first-order valence-electron chi connectivity index (χ1n) is 6.26. The van der Waals surface area contributed by atoms with Gasteiger partial charge in [0.1, 0.15) is 5.75 Å². The van der Waals surface area contributed by atoms with Crippen LogP contribution in [-0.2, 0) is 0 Å². The molecule has 0 spiro atoms. The van der Waals surface area contributed by atoms with Crippen molar-refractivity contribution < 1.29 is 4.74 Å². The summed E-state index contributed by atoms with van der Waals surface area (Å²) >= 11 is 0. The second-order valence-electron chi connectivity index (χ2n) is 4.37. The molecule has 3 nitrogen and oxygen atoms in total. The Morgan fingerprint density at radius 3 is 2.82 bits per heavy atom. The lowest BCUT2D eigenvalue weighted by molar-refractivity contribution is 0.414. The molecule has 0 aliphatic carbocycles. The second kappa shape index (κ2) is 7.17. The minimum absolute atomic E-state index is 0.466. The largest absolute Gasteiger partial charge is 0.497 e. The quantitative estimate of drug-likeness (QED) is 0.736. The van der Waals surface area contributed by atoms with E-state index in [-0.39, 0.29) is 0 Å². The van der Waals surface area contributed by atoms with Gasteiger partial charge in [-0.25, -0.2) is 0 Å². The molecule has 17 heavy (non-hydrogen) atoms. The molecule has 0 bridgehead atoms. The van der Waals surface area contributed by atoms with Gasteiger partial charge in [-0.05, 0) is 32.0 Å². The molecule has 96 valence electrons. The second-order valence-corrected chi connectivity index (χ2v) is 4.37. The average Bonchev–Trinajstić information content (AvgIpc) is 2.38. The van der Waals surface area contributed by atoms with Crippen molar-refractivity contribution in [3.05, 3.63) is 24.3 Å². The number of methoxy groups -OCH3 is 1. The van der Waals surface area contributed by atoms with Gasteiger partial charge in [-0.3, -0.25) is 0 Å². The van der Waals surface area contributed by atoms with Crippen LogP contribution in [0.5, 0.6) is 5.75 Å². The zero-order valence-electron chi connectivity index (χ0n) is 11.4. The molecular weight excluding hydrogens is 212 g/mol. The summed E-state index contributed by atoms with van der Waals surface area (Å²) in [4.78, 5) is 2.27. The van der Waals surface area contributed by atoms with Gasteiger partial charge in [0.15, 0.2) is 0 Å². The van der Waals surface area contributed by atoms with Gasteiger partial charge in [-0.2, -0.15) is 0 Å². The number of ether oxygens (including phenoxy) is 1. The third-order valence-corrected chi connectivity index (χ3v) is 2.99. The van der Waals surface area contributed by atoms with Crippen molar-refractivity contribution in [1.29, 1.82) is 0 Å². The summed E-state index contributed by atoms with van der Waals surface area (Å²) in [5, 5.41) is 3.44. The minimum Gasteiger partial charge on any atom is -0.497 e. The Kier molecular flexibility index (Phi) is 5.84. The molecule has 0 fully saturated rings. The molecule has 3 heteroatoms. The van der Waals surface area contributed by atoms with Crippen LogP contribution < -0.4 is 15.0 Å². The zero-order valence-corrected chi connectivity index (χ0v) is 11.4. The third-order valence-electron chi connectivity index (χ3n) is 2.99. The van der Waals surface area contributed by atoms with Crippen LogP contribution in [-0.4, -0.2) is 33.3 Å². The first kappa shape index (κ1) is 13.8. The summed E-state index contributed by atoms with van der Waals surface area (Å²) in [5.41, 5.74) is 1.19. The Bertz CT molecular complexity index is 328. The van der Waals surface area contributed by atoms with E-state index in [4.69, 9.17) is 4.74 Å². The average molecular weight is 236 g/mol. The molecule has 0 radical (unpaired) electrons. The summed E-state index contributed by atoms with van der Waals surface area (Å²) in [6.45, 7) is 6.49. The van der Waals surface area contributed by atoms with E-state index >= 15 is 0 Å². The Balaban J connectivity index is 2.57. The van der Waals surface area contributed by atoms with Gasteiger partial charge in [0, 0.05) is 31.4 Å². The Morgan fingerprint density at radius 2 is 2.18 bits per heavy atom. The molecule has 0 saturated carbocycles. The number of hydrogen-bond acceptors (Lipinski definition) is 3. The molecular formula is C14H24N2O. The molecule has 1 atom stereocenters. The highest BCUT2D eigenvalue weighted by Crippen LogP contribution is 2.21. The molecule has 1 N–H and O–H groups in total. The molecule has 1 aromatic rings. The van der Waals surface area contributed by atoms with Crippen molar-refractivity contribution in [3.8, 4) is 5.75 Å². The van der Waals surface area contributed by atoms with E-state index in [9.17, 15) is 0 Å². The van der Waals surface area contributed by atoms with Crippen LogP contribution >= 0.6 is 0 Å². The normalized spacial score (nSPS) is 12.2. The predicted molar refractivity (Wildman–Crippen MR) is 74.0 cm³/mol. The highest BCUT2D eigenvalue weighted by molar-refractivity contribution is 5.50. The van der Waals surface area contributed by atoms with Crippen LogP contribution in [0.2, 0.25) is 0 Å². The van der Waals surface area contributed by atoms with E-state index in [1.165, 1.54) is 12.1 Å². The van der Waals surface area contributed by atoms with Gasteiger partial charge >= 0.3 is 0 Å². The Morgan fingerprint density at radius 1 is 1.41 bits per heavy atom. The maximum atomic E-state index is 5.24. The van der Waals surface area contributed by atoms with Crippen molar-refractivity contribution in [2.24, 2.45) is 0 Å². The fourth-order valence-electron chi connectivity index (χ4n) is 1.71. The van der Waals surface area contributed by atoms with Crippen LogP contribution in [0.3, 0.4) is 0 Å². The van der Waals surface area contributed by atoms with Gasteiger partial charge in [-0.15, -0.1) is 0 Å². The number of likely N-dealkylation sites (N-methyl/N-ethyl adjacent to an activating group) is 1. The lowest BCUT2D eigenvalue weighted by Crippen LogP contribution is -2.38. The minimum atomic E-state index is 0.466. The number of hydrogen-bond donors (Lipinski definition) is 1. The Labute approximate surface area is 105 Å². The highest BCUT2D eigenvalue weighted by atomic mass is 16.5. The lowest BCUT2D eigenvalue weighted by atomic mass is 10.2. The van der Waals surface area contributed by atoms with Crippen LogP contribution in [0, 0.1) is 0 Å². The van der Waals surface area contributed by atoms with Crippen molar-refractivity contribution in [2.75, 3.05) is 32.1 Å². The van der Waals surface area contributed by atoms with Crippen LogP contribution in [0.15, 0.2) is 24.3 Å². The molecule has 1 aromatic carbocycles. The number of nitrogens with zero attached hydrogens (tertiary/aromatic N) is 1. The summed E-state index contributed by atoms with van der Waals surface area (Å²) in [6, 6.07) is 8.64. The molecule has 0 aromatic heterocycles. The van der Waals surface area contributed by atoms with Crippen molar-refractivity contribution in [2.45, 2.75) is 26.3 Å². The van der Waals surface area contributed by atoms with Crippen LogP contribution in [0.25, 0.3) is 0 Å². The number of rotatable bonds is 7. The van der Waals surface area contributed by atoms with E-state index in [0.717, 1.165) is 18.8 Å². The summed E-state index contributed by atoms with van der Waals surface area (Å²) in [6.07, 6.45) is 1.18. The molecule has 0 heterocycles. The predicted octanol–water partition coefficient (Wildman–Crippen LogP) is 2.52. The molecule has 0 saturated heterocycles. The monoisotopic (exact) mass is 236 g/mol. The fourth-order valence-corrected chi connectivity index (χ4v) is 1.71. The van der Waals surface area contributed by atoms with E-state index < -0.39 is 0 Å². The van der Waals surface area contributed by atoms with E-state index in [2.05, 4.69) is 43.2 Å². The van der Waals surface area contributed by atoms with Gasteiger partial charge in [0.25, 0.3) is 0 Å². The summed E-state index contributed by atoms with van der Waals surface area (Å²) in [5.74, 6) is 0.906. The van der Waals surface area contributed by atoms with Crippen molar-refractivity contribution >= 4 is 5.69 Å². The van der Waals surface area contributed by atoms with Gasteiger partial charge in [0.05, 0.1) is 7.11 Å². The Hall–Kier alpha value is -1.22. The maximum Gasteiger partial charge on any atom is 0.120 e. The maximum absolute atomic E-state index is 5.24. The summed E-state index contributed by atoms with van der Waals surface area (Å²) < 4.78 is 5.24. The lowest BCUT2D eigenvalue weighted by Gasteiger charge is -2.27. The van der Waals surface area contributed by atoms with Crippen molar-refractivity contribution in [3.63, 3.8) is 0 Å². The van der Waals surface area contributed by atoms with Crippen molar-refractivity contribution in [1.82, 2.24) is 5.32 Å². The topological polar surface area (TPSA) is 24.5 Å². The first-order valence-corrected chi connectivity index (χ1v) is 6.26. The highest BCUT2D eigenvalue weighted by Gasteiger charge is 2.09. The SMILES string of the molecule is CCCNCC(C)N(C)c1cccc(OC)c1. The zero-order chi connectivity index (χ0) is 12.7. The van der Waals surface area contributed by atoms with E-state index in [1.54, 1.807) is 7.11 Å². The number of anilines is 1. The first-order chi connectivity index (χ1) is 8.19. The molecule has 0 amide bonds. The molecule has 0 aliphatic heterocycles. The third kappa shape index (κ3) is 4.27. The fraction of sp³-hybridized carbons (Fsp3) is 0.571. The number of nitrogens with one attached hydrogen (secondary N) is 1. The smallest absolute Gasteiger partial charge is 0.120 e. The van der Waals surface area contributed by atoms with Gasteiger partial charge in [0.2, 0.25) is 0 Å². The molecule has 1 rings (SSSR count). The van der Waals surface area contributed by atoms with Gasteiger partial charge < -0.3 is 15.0 Å². The number of benzene rings is 1. The van der Waals surface area contributed by atoms with Crippen LogP contribution in [0.1, 0.15) is 20.3 Å². The van der Waals surface area contributed by atoms with E-state index in [1.807, 2.05) is 12.1 Å². The van der Waals surface area contributed by atoms with Crippen LogP contribution in [0.4, 0.5) is 5.69 Å². The summed E-state index contributed by atoms with van der Waals surface area (Å²) in [7, 11) is 3.82. The van der Waals surface area contributed by atoms with Gasteiger partial charge in [-0.1, -0.05) is 13.0 Å². The molecule has 1 unspecified atom stereocenters. The standard InChI is InChI=1S/C14H24N2O/c1-5-9-15-11-12(2)16(3)13-7-6-8-14(10-13)17-4/h6-8,10,12,15H,5,9,11H2,1-4H3. The molecule has 0 aliphatic rings. The van der Waals surface area contributed by atoms with E-state index in [0.29, 0.717) is 6.04 Å².